The second-order valence-corrected chi connectivity index (χ2v) is 6.38. The molecule has 1 amide bonds. The predicted molar refractivity (Wildman–Crippen MR) is 88.7 cm³/mol. The van der Waals surface area contributed by atoms with Crippen LogP contribution in [-0.2, 0) is 9.53 Å². The number of nitrogens with zero attached hydrogens (tertiary/aromatic N) is 3. The van der Waals surface area contributed by atoms with Crippen LogP contribution in [0.5, 0.6) is 0 Å². The van der Waals surface area contributed by atoms with Crippen LogP contribution in [0.2, 0.25) is 0 Å². The highest BCUT2D eigenvalue weighted by Crippen LogP contribution is 2.23. The largest absolute Gasteiger partial charge is 0.481 e. The van der Waals surface area contributed by atoms with E-state index in [1.165, 1.54) is 0 Å². The molecule has 2 aromatic rings. The normalized spacial score (nSPS) is 19.8. The number of carboxylic acids is 1. The number of benzene rings is 1. The van der Waals surface area contributed by atoms with Crippen molar-refractivity contribution in [3.05, 3.63) is 41.2 Å². The standard InChI is InChI=1S/C17H20N4O4/c1-11-3-5-13(6-4-11)21-12(2)15(19-20-21)16(24)18-17(9-14(22)23)7-8-25-10-17/h3-6H,7-10H2,1-2H3,(H,18,24)(H,22,23). The van der Waals surface area contributed by atoms with Crippen LogP contribution in [-0.4, -0.2) is 50.7 Å². The summed E-state index contributed by atoms with van der Waals surface area (Å²) in [6.45, 7) is 4.34. The molecular formula is C17H20N4O4. The molecule has 1 aliphatic rings. The number of amides is 1. The van der Waals surface area contributed by atoms with Crippen molar-refractivity contribution in [1.29, 1.82) is 0 Å². The molecule has 2 N–H and O–H groups in total. The average molecular weight is 344 g/mol. The molecule has 8 heteroatoms. The number of ether oxygens (including phenoxy) is 1. The molecule has 1 aromatic heterocycles. The Morgan fingerprint density at radius 2 is 2.04 bits per heavy atom. The van der Waals surface area contributed by atoms with Gasteiger partial charge in [-0.15, -0.1) is 5.10 Å². The molecule has 1 atom stereocenters. The number of aliphatic carboxylic acids is 1. The van der Waals surface area contributed by atoms with E-state index in [-0.39, 0.29) is 18.7 Å². The Hall–Kier alpha value is -2.74. The molecule has 8 nitrogen and oxygen atoms in total. The quantitative estimate of drug-likeness (QED) is 0.845. The lowest BCUT2D eigenvalue weighted by atomic mass is 9.94. The summed E-state index contributed by atoms with van der Waals surface area (Å²) in [5.74, 6) is -1.42. The van der Waals surface area contributed by atoms with Crippen molar-refractivity contribution in [3.8, 4) is 5.69 Å². The number of carbonyl (C=O) groups excluding carboxylic acids is 1. The third-order valence-electron chi connectivity index (χ3n) is 4.36. The van der Waals surface area contributed by atoms with Crippen LogP contribution >= 0.6 is 0 Å². The number of carbonyl (C=O) groups is 2. The van der Waals surface area contributed by atoms with E-state index in [1.54, 1.807) is 11.6 Å². The van der Waals surface area contributed by atoms with Crippen LogP contribution in [0.3, 0.4) is 0 Å². The first-order valence-corrected chi connectivity index (χ1v) is 8.02. The lowest BCUT2D eigenvalue weighted by Gasteiger charge is -2.26. The van der Waals surface area contributed by atoms with E-state index in [4.69, 9.17) is 9.84 Å². The van der Waals surface area contributed by atoms with Gasteiger partial charge in [-0.25, -0.2) is 4.68 Å². The number of carboxylic acid groups (broad SMARTS) is 1. The van der Waals surface area contributed by atoms with Crippen molar-refractivity contribution in [1.82, 2.24) is 20.3 Å². The van der Waals surface area contributed by atoms with Crippen LogP contribution in [0.25, 0.3) is 5.69 Å². The van der Waals surface area contributed by atoms with E-state index in [0.717, 1.165) is 11.3 Å². The van der Waals surface area contributed by atoms with Gasteiger partial charge in [0.25, 0.3) is 5.91 Å². The second-order valence-electron chi connectivity index (χ2n) is 6.38. The van der Waals surface area contributed by atoms with Gasteiger partial charge in [-0.2, -0.15) is 0 Å². The summed E-state index contributed by atoms with van der Waals surface area (Å²) >= 11 is 0. The van der Waals surface area contributed by atoms with Gasteiger partial charge < -0.3 is 15.2 Å². The number of nitrogens with one attached hydrogen (secondary N) is 1. The molecule has 1 saturated heterocycles. The van der Waals surface area contributed by atoms with E-state index < -0.39 is 17.4 Å². The average Bonchev–Trinajstić information content (AvgIpc) is 3.14. The minimum atomic E-state index is -0.981. The zero-order chi connectivity index (χ0) is 18.0. The summed E-state index contributed by atoms with van der Waals surface area (Å²) in [5, 5.41) is 19.9. The number of aromatic nitrogens is 3. The van der Waals surface area contributed by atoms with Crippen molar-refractivity contribution >= 4 is 11.9 Å². The van der Waals surface area contributed by atoms with Gasteiger partial charge in [0.2, 0.25) is 0 Å². The fraction of sp³-hybridized carbons (Fsp3) is 0.412. The number of hydrogen-bond donors (Lipinski definition) is 2. The molecule has 132 valence electrons. The van der Waals surface area contributed by atoms with Crippen molar-refractivity contribution in [2.45, 2.75) is 32.2 Å². The van der Waals surface area contributed by atoms with Gasteiger partial charge in [0.15, 0.2) is 5.69 Å². The predicted octanol–water partition coefficient (Wildman–Crippen LogP) is 1.25. The van der Waals surface area contributed by atoms with Crippen molar-refractivity contribution in [2.75, 3.05) is 13.2 Å². The Morgan fingerprint density at radius 3 is 2.64 bits per heavy atom. The number of hydrogen-bond acceptors (Lipinski definition) is 5. The molecule has 1 fully saturated rings. The van der Waals surface area contributed by atoms with Crippen LogP contribution in [0, 0.1) is 13.8 Å². The fourth-order valence-electron chi connectivity index (χ4n) is 2.95. The highest BCUT2D eigenvalue weighted by atomic mass is 16.5. The highest BCUT2D eigenvalue weighted by Gasteiger charge is 2.39. The van der Waals surface area contributed by atoms with Crippen LogP contribution < -0.4 is 5.32 Å². The first kappa shape index (κ1) is 17.1. The minimum Gasteiger partial charge on any atom is -0.481 e. The molecule has 1 unspecified atom stereocenters. The van der Waals surface area contributed by atoms with Gasteiger partial charge >= 0.3 is 5.97 Å². The maximum Gasteiger partial charge on any atom is 0.305 e. The third kappa shape index (κ3) is 3.53. The monoisotopic (exact) mass is 344 g/mol. The first-order valence-electron chi connectivity index (χ1n) is 8.02. The molecule has 0 bridgehead atoms. The van der Waals surface area contributed by atoms with E-state index >= 15 is 0 Å². The van der Waals surface area contributed by atoms with Gasteiger partial charge in [0, 0.05) is 6.61 Å². The molecule has 0 spiro atoms. The van der Waals surface area contributed by atoms with Crippen molar-refractivity contribution in [3.63, 3.8) is 0 Å². The van der Waals surface area contributed by atoms with Gasteiger partial charge in [-0.05, 0) is 32.4 Å². The van der Waals surface area contributed by atoms with Crippen molar-refractivity contribution in [2.24, 2.45) is 0 Å². The summed E-state index contributed by atoms with van der Waals surface area (Å²) in [4.78, 5) is 23.8. The van der Waals surface area contributed by atoms with Crippen molar-refractivity contribution < 1.29 is 19.4 Å². The highest BCUT2D eigenvalue weighted by molar-refractivity contribution is 5.94. The first-order chi connectivity index (χ1) is 11.9. The van der Waals surface area contributed by atoms with E-state index in [0.29, 0.717) is 18.7 Å². The summed E-state index contributed by atoms with van der Waals surface area (Å²) in [6, 6.07) is 7.70. The molecule has 1 aliphatic heterocycles. The van der Waals surface area contributed by atoms with Gasteiger partial charge in [0.05, 0.1) is 29.9 Å². The van der Waals surface area contributed by atoms with Crippen LogP contribution in [0.4, 0.5) is 0 Å². The SMILES string of the molecule is Cc1ccc(-n2nnc(C(=O)NC3(CC(=O)O)CCOC3)c2C)cc1. The number of rotatable bonds is 5. The molecule has 25 heavy (non-hydrogen) atoms. The van der Waals surface area contributed by atoms with Gasteiger partial charge in [-0.1, -0.05) is 22.9 Å². The maximum atomic E-state index is 12.6. The summed E-state index contributed by atoms with van der Waals surface area (Å²) < 4.78 is 6.88. The smallest absolute Gasteiger partial charge is 0.305 e. The third-order valence-corrected chi connectivity index (χ3v) is 4.36. The molecule has 2 heterocycles. The van der Waals surface area contributed by atoms with E-state index in [2.05, 4.69) is 15.6 Å². The van der Waals surface area contributed by atoms with Crippen LogP contribution in [0.15, 0.2) is 24.3 Å². The lowest BCUT2D eigenvalue weighted by Crippen LogP contribution is -2.50. The molecular weight excluding hydrogens is 324 g/mol. The summed E-state index contributed by atoms with van der Waals surface area (Å²) in [5.41, 5.74) is 1.79. The minimum absolute atomic E-state index is 0.177. The summed E-state index contributed by atoms with van der Waals surface area (Å²) in [6.07, 6.45) is 0.264. The molecule has 0 radical (unpaired) electrons. The summed E-state index contributed by atoms with van der Waals surface area (Å²) in [7, 11) is 0. The zero-order valence-electron chi connectivity index (χ0n) is 14.2. The molecule has 0 aliphatic carbocycles. The van der Waals surface area contributed by atoms with Gasteiger partial charge in [0.1, 0.15) is 0 Å². The topological polar surface area (TPSA) is 106 Å². The Bertz CT molecular complexity index is 791. The van der Waals surface area contributed by atoms with Gasteiger partial charge in [-0.3, -0.25) is 9.59 Å². The van der Waals surface area contributed by atoms with E-state index in [9.17, 15) is 9.59 Å². The molecule has 1 aromatic carbocycles. The Kier molecular flexibility index (Phi) is 4.54. The van der Waals surface area contributed by atoms with E-state index in [1.807, 2.05) is 31.2 Å². The molecule has 0 saturated carbocycles. The fourth-order valence-corrected chi connectivity index (χ4v) is 2.95. The maximum absolute atomic E-state index is 12.6. The number of aryl methyl sites for hydroxylation is 1. The Morgan fingerprint density at radius 1 is 1.32 bits per heavy atom. The second kappa shape index (κ2) is 6.64. The molecule has 3 rings (SSSR count). The van der Waals surface area contributed by atoms with Crippen LogP contribution in [0.1, 0.15) is 34.6 Å². The zero-order valence-corrected chi connectivity index (χ0v) is 14.2. The Labute approximate surface area is 144 Å². The Balaban J connectivity index is 1.83. The lowest BCUT2D eigenvalue weighted by molar-refractivity contribution is -0.138.